The van der Waals surface area contributed by atoms with Crippen LogP contribution in [-0.4, -0.2) is 8.80 Å². The Morgan fingerprint density at radius 2 is 1.18 bits per heavy atom. The van der Waals surface area contributed by atoms with Crippen molar-refractivity contribution in [1.29, 1.82) is 0 Å². The first-order valence-corrected chi connectivity index (χ1v) is 10.5. The van der Waals surface area contributed by atoms with Crippen LogP contribution in [0.4, 0.5) is 0 Å². The molecule has 1 aliphatic carbocycles. The molecule has 0 amide bonds. The van der Waals surface area contributed by atoms with Crippen molar-refractivity contribution in [3.05, 3.63) is 106 Å². The topological polar surface area (TPSA) is 0 Å². The van der Waals surface area contributed by atoms with Crippen molar-refractivity contribution in [3.63, 3.8) is 0 Å². The Morgan fingerprint density at radius 3 is 1.39 bits per heavy atom. The third kappa shape index (κ3) is 8.47. The Labute approximate surface area is 192 Å². The van der Waals surface area contributed by atoms with Gasteiger partial charge in [-0.1, -0.05) is 111 Å². The summed E-state index contributed by atoms with van der Waals surface area (Å²) in [7, 11) is -0.539. The zero-order valence-corrected chi connectivity index (χ0v) is 21.6. The molecular formula is C26H37SiTi. The molecule has 0 saturated carbocycles. The van der Waals surface area contributed by atoms with Gasteiger partial charge in [-0.2, -0.15) is 11.1 Å². The van der Waals surface area contributed by atoms with Crippen molar-refractivity contribution in [2.45, 2.75) is 40.7 Å². The molecule has 0 N–H and O–H groups in total. The van der Waals surface area contributed by atoms with Crippen molar-refractivity contribution >= 4 is 19.2 Å². The number of benzene rings is 2. The van der Waals surface area contributed by atoms with E-state index in [1.807, 2.05) is 0 Å². The summed E-state index contributed by atoms with van der Waals surface area (Å²) in [5.41, 5.74) is 4.25. The van der Waals surface area contributed by atoms with Crippen LogP contribution in [-0.2, 0) is 21.7 Å². The maximum absolute atomic E-state index is 3.36. The Morgan fingerprint density at radius 1 is 0.786 bits per heavy atom. The van der Waals surface area contributed by atoms with E-state index < -0.39 is 8.80 Å². The molecule has 0 aromatic heterocycles. The number of hydrogen-bond donors (Lipinski definition) is 0. The fraction of sp³-hybridized carbons (Fsp3) is 0.269. The molecule has 0 fully saturated rings. The third-order valence-corrected chi connectivity index (χ3v) is 7.60. The van der Waals surface area contributed by atoms with E-state index in [9.17, 15) is 0 Å². The van der Waals surface area contributed by atoms with Gasteiger partial charge in [-0.25, -0.2) is 5.57 Å². The summed E-state index contributed by atoms with van der Waals surface area (Å²) in [6.45, 7) is 11.0. The summed E-state index contributed by atoms with van der Waals surface area (Å²) in [6.07, 6.45) is 3.36. The molecule has 0 saturated heterocycles. The van der Waals surface area contributed by atoms with Crippen LogP contribution in [0.2, 0.25) is 6.04 Å². The fourth-order valence-electron chi connectivity index (χ4n) is 3.02. The summed E-state index contributed by atoms with van der Waals surface area (Å²) < 4.78 is 0. The summed E-state index contributed by atoms with van der Waals surface area (Å²) in [5.74, 6) is 0.560. The molecule has 0 bridgehead atoms. The van der Waals surface area contributed by atoms with Crippen molar-refractivity contribution in [2.24, 2.45) is 5.92 Å². The van der Waals surface area contributed by atoms with E-state index in [1.54, 1.807) is 0 Å². The van der Waals surface area contributed by atoms with Crippen LogP contribution in [0.25, 0.3) is 0 Å². The Balaban J connectivity index is -0.000000426. The monoisotopic (exact) mass is 425 g/mol. The first-order valence-electron chi connectivity index (χ1n) is 8.79. The maximum atomic E-state index is 3.36. The fourth-order valence-corrected chi connectivity index (χ4v) is 5.35. The quantitative estimate of drug-likeness (QED) is 0.395. The van der Waals surface area contributed by atoms with Crippen LogP contribution in [0, 0.1) is 34.3 Å². The van der Waals surface area contributed by atoms with Gasteiger partial charge in [0.1, 0.15) is 8.80 Å². The Bertz CT molecular complexity index is 662. The minimum absolute atomic E-state index is 0. The van der Waals surface area contributed by atoms with E-state index in [4.69, 9.17) is 0 Å². The van der Waals surface area contributed by atoms with Gasteiger partial charge >= 0.3 is 21.7 Å². The number of hydrogen-bond acceptors (Lipinski definition) is 0. The normalized spacial score (nSPS) is 14.4. The van der Waals surface area contributed by atoms with Gasteiger partial charge in [0.15, 0.2) is 0 Å². The van der Waals surface area contributed by atoms with Crippen molar-refractivity contribution in [1.82, 2.24) is 0 Å². The van der Waals surface area contributed by atoms with E-state index in [0.717, 1.165) is 0 Å². The maximum Gasteiger partial charge on any atom is 4.00 e. The average molecular weight is 426 g/mol. The van der Waals surface area contributed by atoms with Crippen molar-refractivity contribution < 1.29 is 21.7 Å². The van der Waals surface area contributed by atoms with Gasteiger partial charge in [0.25, 0.3) is 0 Å². The zero-order chi connectivity index (χ0) is 17.5. The first kappa shape index (κ1) is 31.5. The van der Waals surface area contributed by atoms with Crippen LogP contribution < -0.4 is 10.4 Å². The van der Waals surface area contributed by atoms with E-state index in [0.29, 0.717) is 5.92 Å². The molecule has 0 aliphatic heterocycles. The van der Waals surface area contributed by atoms with Crippen molar-refractivity contribution in [2.75, 3.05) is 0 Å². The second-order valence-corrected chi connectivity index (χ2v) is 9.18. The van der Waals surface area contributed by atoms with Crippen LogP contribution in [0.15, 0.2) is 77.4 Å². The molecule has 1 atom stereocenters. The molecule has 0 nitrogen and oxygen atoms in total. The second kappa shape index (κ2) is 15.7. The predicted octanol–water partition coefficient (Wildman–Crippen LogP) is 6.39. The zero-order valence-electron chi connectivity index (χ0n) is 19.1. The molecule has 3 rings (SSSR count). The Hall–Kier alpha value is -1.15. The van der Waals surface area contributed by atoms with Gasteiger partial charge in [-0.3, -0.25) is 6.08 Å². The van der Waals surface area contributed by atoms with Gasteiger partial charge in [0.05, 0.1) is 0 Å². The average Bonchev–Trinajstić information content (AvgIpc) is 2.84. The largest absolute Gasteiger partial charge is 4.00 e. The van der Waals surface area contributed by atoms with Crippen molar-refractivity contribution in [3.8, 4) is 0 Å². The van der Waals surface area contributed by atoms with Crippen LogP contribution in [0.3, 0.4) is 0 Å². The first-order chi connectivity index (χ1) is 11.5. The molecule has 28 heavy (non-hydrogen) atoms. The molecule has 2 aromatic carbocycles. The Kier molecular flexibility index (Phi) is 17.7. The molecule has 2 heteroatoms. The molecular weight excluding hydrogens is 388 g/mol. The van der Waals surface area contributed by atoms with E-state index in [2.05, 4.69) is 101 Å². The molecule has 2 aromatic rings. The summed E-state index contributed by atoms with van der Waals surface area (Å²) in [5, 5.41) is 3.02. The van der Waals surface area contributed by atoms with Gasteiger partial charge in [-0.05, 0) is 0 Å². The smallest absolute Gasteiger partial charge is 0.358 e. The number of rotatable bonds is 3. The predicted molar refractivity (Wildman–Crippen MR) is 128 cm³/mol. The summed E-state index contributed by atoms with van der Waals surface area (Å²) >= 11 is 0. The minimum atomic E-state index is -0.539. The standard InChI is InChI=1S/C14H15Si.C9H13.3CH3.Ti/c1-2-15(13-9-5-3-6-10-13)14-11-7-4-8-12-14;1-6-5-7(2)9(4)8(6)3;;;;/h3-12H,2H2,1H3;6H,1-4H3;3*1H3;/q;4*-1;+4. The van der Waals surface area contributed by atoms with Crippen LogP contribution in [0.1, 0.15) is 34.6 Å². The van der Waals surface area contributed by atoms with Crippen LogP contribution >= 0.6 is 0 Å². The number of allylic oxidation sites excluding steroid dienone is 4. The third-order valence-electron chi connectivity index (χ3n) is 4.83. The van der Waals surface area contributed by atoms with Gasteiger partial charge < -0.3 is 22.3 Å². The SMILES string of the molecule is CC1=[C-]C(C)C(C)=C1C.CC[Si](c1ccccc1)c1ccccc1.[CH3-].[CH3-].[CH3-].[Ti+4]. The van der Waals surface area contributed by atoms with E-state index >= 15 is 0 Å². The van der Waals surface area contributed by atoms with Crippen LogP contribution in [0.5, 0.6) is 0 Å². The molecule has 1 radical (unpaired) electrons. The molecule has 0 spiro atoms. The molecule has 1 unspecified atom stereocenters. The van der Waals surface area contributed by atoms with E-state index in [1.165, 1.54) is 33.1 Å². The van der Waals surface area contributed by atoms with Gasteiger partial charge in [0.2, 0.25) is 0 Å². The minimum Gasteiger partial charge on any atom is -0.358 e. The molecule has 1 aliphatic rings. The molecule has 0 heterocycles. The summed E-state index contributed by atoms with van der Waals surface area (Å²) in [6, 6.07) is 23.0. The van der Waals surface area contributed by atoms with E-state index in [-0.39, 0.29) is 44.0 Å². The summed E-state index contributed by atoms with van der Waals surface area (Å²) in [4.78, 5) is 0. The van der Waals surface area contributed by atoms with Gasteiger partial charge in [0, 0.05) is 0 Å². The molecule has 149 valence electrons. The second-order valence-electron chi connectivity index (χ2n) is 6.36. The van der Waals surface area contributed by atoms with Gasteiger partial charge in [-0.15, -0.1) is 6.92 Å².